The van der Waals surface area contributed by atoms with Crippen LogP contribution in [-0.4, -0.2) is 17.3 Å². The minimum Gasteiger partial charge on any atom is -0.490 e. The number of hydrogen-bond donors (Lipinski definition) is 0. The molecule has 0 aromatic heterocycles. The van der Waals surface area contributed by atoms with Gasteiger partial charge >= 0.3 is 0 Å². The lowest BCUT2D eigenvalue weighted by atomic mass is 10.2. The fourth-order valence-electron chi connectivity index (χ4n) is 1.23. The number of aldehydes is 1. The van der Waals surface area contributed by atoms with E-state index in [1.54, 1.807) is 0 Å². The number of rotatable bonds is 4. The van der Waals surface area contributed by atoms with Gasteiger partial charge in [-0.15, -0.1) is 0 Å². The molecule has 5 heteroatoms. The van der Waals surface area contributed by atoms with Crippen LogP contribution in [0.15, 0.2) is 18.2 Å². The van der Waals surface area contributed by atoms with Crippen molar-refractivity contribution < 1.29 is 14.5 Å². The summed E-state index contributed by atoms with van der Waals surface area (Å²) >= 11 is 0. The van der Waals surface area contributed by atoms with Crippen molar-refractivity contribution in [3.8, 4) is 5.75 Å². The first kappa shape index (κ1) is 9.64. The van der Waals surface area contributed by atoms with Crippen molar-refractivity contribution in [2.24, 2.45) is 0 Å². The van der Waals surface area contributed by atoms with Gasteiger partial charge in [-0.2, -0.15) is 0 Å². The summed E-state index contributed by atoms with van der Waals surface area (Å²) in [4.78, 5) is 20.6. The maximum absolute atomic E-state index is 10.6. The second-order valence-corrected chi connectivity index (χ2v) is 3.45. The summed E-state index contributed by atoms with van der Waals surface area (Å²) in [5, 5.41) is 10.6. The normalized spacial score (nSPS) is 14.7. The lowest BCUT2D eigenvalue weighted by Crippen LogP contribution is -1.98. The minimum atomic E-state index is -0.535. The summed E-state index contributed by atoms with van der Waals surface area (Å²) < 4.78 is 5.40. The summed E-state index contributed by atoms with van der Waals surface area (Å²) in [6, 6.07) is 4.08. The van der Waals surface area contributed by atoms with Gasteiger partial charge in [-0.3, -0.25) is 14.9 Å². The molecule has 1 aromatic rings. The molecule has 0 amide bonds. The van der Waals surface area contributed by atoms with Crippen LogP contribution in [0.4, 0.5) is 5.69 Å². The molecule has 0 unspecified atom stereocenters. The molecule has 2 rings (SSSR count). The molecular formula is C10H9NO4. The third-order valence-electron chi connectivity index (χ3n) is 2.09. The molecule has 0 bridgehead atoms. The molecule has 0 heterocycles. The molecule has 1 aliphatic rings. The van der Waals surface area contributed by atoms with Crippen LogP contribution >= 0.6 is 0 Å². The third-order valence-corrected chi connectivity index (χ3v) is 2.09. The highest BCUT2D eigenvalue weighted by molar-refractivity contribution is 5.77. The van der Waals surface area contributed by atoms with Gasteiger partial charge in [0.2, 0.25) is 0 Å². The van der Waals surface area contributed by atoms with Gasteiger partial charge in [0.05, 0.1) is 17.1 Å². The minimum absolute atomic E-state index is 0.116. The molecule has 0 N–H and O–H groups in total. The fraction of sp³-hybridized carbons (Fsp3) is 0.300. The van der Waals surface area contributed by atoms with Crippen LogP contribution < -0.4 is 4.74 Å². The van der Waals surface area contributed by atoms with E-state index in [2.05, 4.69) is 0 Å². The topological polar surface area (TPSA) is 69.4 Å². The third kappa shape index (κ3) is 2.31. The number of carbonyl (C=O) groups is 1. The van der Waals surface area contributed by atoms with E-state index in [-0.39, 0.29) is 17.4 Å². The van der Waals surface area contributed by atoms with Crippen molar-refractivity contribution in [1.29, 1.82) is 0 Å². The molecule has 1 saturated carbocycles. The van der Waals surface area contributed by atoms with E-state index in [9.17, 15) is 14.9 Å². The second kappa shape index (κ2) is 3.68. The Morgan fingerprint density at radius 3 is 2.67 bits per heavy atom. The van der Waals surface area contributed by atoms with E-state index >= 15 is 0 Å². The number of hydrogen-bond acceptors (Lipinski definition) is 4. The van der Waals surface area contributed by atoms with Crippen LogP contribution in [0, 0.1) is 10.1 Å². The zero-order chi connectivity index (χ0) is 10.8. The lowest BCUT2D eigenvalue weighted by molar-refractivity contribution is -0.385. The maximum Gasteiger partial charge on any atom is 0.273 e. The van der Waals surface area contributed by atoms with Gasteiger partial charge in [-0.25, -0.2) is 0 Å². The highest BCUT2D eigenvalue weighted by Crippen LogP contribution is 2.29. The van der Waals surface area contributed by atoms with Crippen LogP contribution in [0.3, 0.4) is 0 Å². The number of nitrogens with zero attached hydrogens (tertiary/aromatic N) is 1. The van der Waals surface area contributed by atoms with E-state index in [0.29, 0.717) is 12.0 Å². The molecule has 1 fully saturated rings. The molecule has 0 aliphatic heterocycles. The molecule has 0 radical (unpaired) electrons. The van der Waals surface area contributed by atoms with Gasteiger partial charge in [0, 0.05) is 11.6 Å². The smallest absolute Gasteiger partial charge is 0.273 e. The molecule has 78 valence electrons. The SMILES string of the molecule is O=Cc1cc(OC2CC2)cc([N+](=O)[O-])c1. The van der Waals surface area contributed by atoms with Crippen LogP contribution in [0.5, 0.6) is 5.75 Å². The summed E-state index contributed by atoms with van der Waals surface area (Å²) in [5.41, 5.74) is 0.148. The number of nitro benzene ring substituents is 1. The molecular weight excluding hydrogens is 198 g/mol. The summed E-state index contributed by atoms with van der Waals surface area (Å²) in [6.45, 7) is 0. The molecule has 1 aliphatic carbocycles. The Morgan fingerprint density at radius 1 is 1.40 bits per heavy atom. The first-order valence-electron chi connectivity index (χ1n) is 4.60. The molecule has 0 saturated heterocycles. The van der Waals surface area contributed by atoms with E-state index in [1.807, 2.05) is 0 Å². The Balaban J connectivity index is 2.31. The zero-order valence-corrected chi connectivity index (χ0v) is 7.88. The van der Waals surface area contributed by atoms with Crippen molar-refractivity contribution in [2.75, 3.05) is 0 Å². The van der Waals surface area contributed by atoms with E-state index < -0.39 is 4.92 Å². The number of carbonyl (C=O) groups excluding carboxylic acids is 1. The lowest BCUT2D eigenvalue weighted by Gasteiger charge is -2.04. The largest absolute Gasteiger partial charge is 0.490 e. The molecule has 0 atom stereocenters. The van der Waals surface area contributed by atoms with Gasteiger partial charge in [-0.05, 0) is 18.9 Å². The molecule has 5 nitrogen and oxygen atoms in total. The van der Waals surface area contributed by atoms with Gasteiger partial charge in [0.1, 0.15) is 12.0 Å². The highest BCUT2D eigenvalue weighted by atomic mass is 16.6. The first-order valence-corrected chi connectivity index (χ1v) is 4.60. The maximum atomic E-state index is 10.6. The predicted molar refractivity (Wildman–Crippen MR) is 52.1 cm³/mol. The number of ether oxygens (including phenoxy) is 1. The zero-order valence-electron chi connectivity index (χ0n) is 7.88. The van der Waals surface area contributed by atoms with Crippen molar-refractivity contribution in [3.05, 3.63) is 33.9 Å². The van der Waals surface area contributed by atoms with Gasteiger partial charge < -0.3 is 4.74 Å². The van der Waals surface area contributed by atoms with Crippen LogP contribution in [0.25, 0.3) is 0 Å². The highest BCUT2D eigenvalue weighted by Gasteiger charge is 2.24. The van der Waals surface area contributed by atoms with Crippen LogP contribution in [0.1, 0.15) is 23.2 Å². The van der Waals surface area contributed by atoms with Crippen molar-refractivity contribution in [2.45, 2.75) is 18.9 Å². The summed E-state index contributed by atoms with van der Waals surface area (Å²) in [5.74, 6) is 0.397. The Labute approximate surface area is 85.8 Å². The van der Waals surface area contributed by atoms with Crippen molar-refractivity contribution in [1.82, 2.24) is 0 Å². The van der Waals surface area contributed by atoms with Gasteiger partial charge in [0.15, 0.2) is 0 Å². The molecule has 15 heavy (non-hydrogen) atoms. The van der Waals surface area contributed by atoms with E-state index in [1.165, 1.54) is 18.2 Å². The monoisotopic (exact) mass is 207 g/mol. The number of nitro groups is 1. The Hall–Kier alpha value is -1.91. The van der Waals surface area contributed by atoms with Crippen molar-refractivity contribution in [3.63, 3.8) is 0 Å². The summed E-state index contributed by atoms with van der Waals surface area (Å²) in [6.07, 6.45) is 2.68. The standard InChI is InChI=1S/C10H9NO4/c12-6-7-3-8(11(13)14)5-10(4-7)15-9-1-2-9/h3-6,9H,1-2H2. The molecule has 0 spiro atoms. The predicted octanol–water partition coefficient (Wildman–Crippen LogP) is 1.95. The Bertz CT molecular complexity index is 412. The quantitative estimate of drug-likeness (QED) is 0.430. The average molecular weight is 207 g/mol. The van der Waals surface area contributed by atoms with Gasteiger partial charge in [-0.1, -0.05) is 0 Å². The Morgan fingerprint density at radius 2 is 2.13 bits per heavy atom. The fourth-order valence-corrected chi connectivity index (χ4v) is 1.23. The van der Waals surface area contributed by atoms with Crippen LogP contribution in [-0.2, 0) is 0 Å². The first-order chi connectivity index (χ1) is 7.19. The number of benzene rings is 1. The number of non-ortho nitro benzene ring substituents is 1. The van der Waals surface area contributed by atoms with Crippen molar-refractivity contribution >= 4 is 12.0 Å². The summed E-state index contributed by atoms with van der Waals surface area (Å²) in [7, 11) is 0. The Kier molecular flexibility index (Phi) is 2.37. The van der Waals surface area contributed by atoms with Gasteiger partial charge in [0.25, 0.3) is 5.69 Å². The second-order valence-electron chi connectivity index (χ2n) is 3.45. The van der Waals surface area contributed by atoms with Crippen LogP contribution in [0.2, 0.25) is 0 Å². The van der Waals surface area contributed by atoms with E-state index in [0.717, 1.165) is 12.8 Å². The van der Waals surface area contributed by atoms with E-state index in [4.69, 9.17) is 4.74 Å². The average Bonchev–Trinajstić information content (AvgIpc) is 3.01. The molecule has 1 aromatic carbocycles.